The molecule has 27 heavy (non-hydrogen) atoms. The molecule has 4 rings (SSSR count). The fraction of sp³-hybridized carbons (Fsp3) is 0.286. The standard InChI is InChI=1S/C21H23N3O2S/c1-15-11-12-20-18(14-15)8-7-13-23(20)27(25,26)21-16(2)22-24(17(21)3)19-9-5-4-6-10-19/h4-6,9-12,14H,7-8,13H2,1-3H3. The van der Waals surface area contributed by atoms with Crippen LogP contribution in [0.1, 0.15) is 28.9 Å². The number of anilines is 1. The Kier molecular flexibility index (Phi) is 4.30. The number of para-hydroxylation sites is 1. The molecule has 0 spiro atoms. The quantitative estimate of drug-likeness (QED) is 0.690. The van der Waals surface area contributed by atoms with Crippen molar-refractivity contribution >= 4 is 15.7 Å². The monoisotopic (exact) mass is 381 g/mol. The van der Waals surface area contributed by atoms with Gasteiger partial charge >= 0.3 is 0 Å². The SMILES string of the molecule is Cc1ccc2c(c1)CCCN2S(=O)(=O)c1c(C)nn(-c2ccccc2)c1C. The second-order valence-corrected chi connectivity index (χ2v) is 8.86. The number of aryl methyl sites for hydroxylation is 3. The third kappa shape index (κ3) is 2.94. The highest BCUT2D eigenvalue weighted by Crippen LogP contribution is 2.34. The lowest BCUT2D eigenvalue weighted by molar-refractivity contribution is 0.585. The van der Waals surface area contributed by atoms with E-state index < -0.39 is 10.0 Å². The molecule has 0 N–H and O–H groups in total. The highest BCUT2D eigenvalue weighted by molar-refractivity contribution is 7.93. The van der Waals surface area contributed by atoms with Gasteiger partial charge in [0.2, 0.25) is 0 Å². The van der Waals surface area contributed by atoms with Gasteiger partial charge in [-0.2, -0.15) is 5.10 Å². The third-order valence-electron chi connectivity index (χ3n) is 5.08. The molecule has 3 aromatic rings. The summed E-state index contributed by atoms with van der Waals surface area (Å²) in [5, 5.41) is 4.52. The van der Waals surface area contributed by atoms with Crippen molar-refractivity contribution in [1.82, 2.24) is 9.78 Å². The van der Waals surface area contributed by atoms with Crippen molar-refractivity contribution in [2.24, 2.45) is 0 Å². The summed E-state index contributed by atoms with van der Waals surface area (Å²) in [6.45, 7) is 6.11. The molecule has 0 atom stereocenters. The normalized spacial score (nSPS) is 14.3. The number of sulfonamides is 1. The lowest BCUT2D eigenvalue weighted by atomic mass is 10.0. The zero-order chi connectivity index (χ0) is 19.2. The van der Waals surface area contributed by atoms with E-state index in [2.05, 4.69) is 11.2 Å². The minimum absolute atomic E-state index is 0.305. The van der Waals surface area contributed by atoms with E-state index in [0.29, 0.717) is 22.8 Å². The predicted molar refractivity (Wildman–Crippen MR) is 107 cm³/mol. The van der Waals surface area contributed by atoms with Gasteiger partial charge in [-0.05, 0) is 57.4 Å². The largest absolute Gasteiger partial charge is 0.268 e. The van der Waals surface area contributed by atoms with Gasteiger partial charge in [0.25, 0.3) is 10.0 Å². The van der Waals surface area contributed by atoms with E-state index in [9.17, 15) is 8.42 Å². The van der Waals surface area contributed by atoms with E-state index in [4.69, 9.17) is 0 Å². The first-order valence-electron chi connectivity index (χ1n) is 9.13. The van der Waals surface area contributed by atoms with Crippen LogP contribution in [0.2, 0.25) is 0 Å². The number of fused-ring (bicyclic) bond motifs is 1. The van der Waals surface area contributed by atoms with Gasteiger partial charge in [0.15, 0.2) is 0 Å². The first-order chi connectivity index (χ1) is 12.9. The van der Waals surface area contributed by atoms with Crippen LogP contribution >= 0.6 is 0 Å². The van der Waals surface area contributed by atoms with E-state index >= 15 is 0 Å². The fourth-order valence-electron chi connectivity index (χ4n) is 3.87. The molecule has 0 fully saturated rings. The molecule has 0 unspecified atom stereocenters. The molecule has 1 aliphatic rings. The molecule has 6 heteroatoms. The zero-order valence-electron chi connectivity index (χ0n) is 15.8. The van der Waals surface area contributed by atoms with Crippen molar-refractivity contribution < 1.29 is 8.42 Å². The van der Waals surface area contributed by atoms with E-state index in [1.54, 1.807) is 15.9 Å². The molecule has 5 nitrogen and oxygen atoms in total. The van der Waals surface area contributed by atoms with Crippen LogP contribution in [0.5, 0.6) is 0 Å². The van der Waals surface area contributed by atoms with Gasteiger partial charge in [-0.15, -0.1) is 0 Å². The Hall–Kier alpha value is -2.60. The minimum atomic E-state index is -3.69. The molecular weight excluding hydrogens is 358 g/mol. The van der Waals surface area contributed by atoms with Crippen molar-refractivity contribution in [3.8, 4) is 5.69 Å². The lowest BCUT2D eigenvalue weighted by Crippen LogP contribution is -2.36. The van der Waals surface area contributed by atoms with Crippen molar-refractivity contribution in [3.05, 3.63) is 71.0 Å². The minimum Gasteiger partial charge on any atom is -0.266 e. The van der Waals surface area contributed by atoms with Crippen LogP contribution in [0.3, 0.4) is 0 Å². The van der Waals surface area contributed by atoms with Crippen LogP contribution in [0.25, 0.3) is 5.69 Å². The Labute approximate surface area is 160 Å². The van der Waals surface area contributed by atoms with Crippen LogP contribution in [0.15, 0.2) is 53.4 Å². The van der Waals surface area contributed by atoms with Crippen LogP contribution in [-0.2, 0) is 16.4 Å². The zero-order valence-corrected chi connectivity index (χ0v) is 16.6. The van der Waals surface area contributed by atoms with E-state index in [0.717, 1.165) is 35.3 Å². The Morgan fingerprint density at radius 1 is 1.00 bits per heavy atom. The maximum atomic E-state index is 13.6. The van der Waals surface area contributed by atoms with Crippen LogP contribution in [0.4, 0.5) is 5.69 Å². The van der Waals surface area contributed by atoms with E-state index in [-0.39, 0.29) is 0 Å². The van der Waals surface area contributed by atoms with Crippen LogP contribution in [-0.4, -0.2) is 24.7 Å². The van der Waals surface area contributed by atoms with Gasteiger partial charge in [-0.3, -0.25) is 4.31 Å². The maximum absolute atomic E-state index is 13.6. The summed E-state index contributed by atoms with van der Waals surface area (Å²) >= 11 is 0. The molecule has 0 saturated carbocycles. The molecule has 0 radical (unpaired) electrons. The fourth-order valence-corrected chi connectivity index (χ4v) is 5.77. The summed E-state index contributed by atoms with van der Waals surface area (Å²) in [6.07, 6.45) is 1.73. The first kappa shape index (κ1) is 17.8. The second-order valence-electron chi connectivity index (χ2n) is 7.06. The molecule has 1 aliphatic heterocycles. The summed E-state index contributed by atoms with van der Waals surface area (Å²) in [7, 11) is -3.69. The summed E-state index contributed by atoms with van der Waals surface area (Å²) in [6, 6.07) is 15.6. The van der Waals surface area contributed by atoms with Crippen molar-refractivity contribution in [3.63, 3.8) is 0 Å². The summed E-state index contributed by atoms with van der Waals surface area (Å²) < 4.78 is 30.5. The molecule has 0 saturated heterocycles. The van der Waals surface area contributed by atoms with Gasteiger partial charge in [0, 0.05) is 6.54 Å². The van der Waals surface area contributed by atoms with Gasteiger partial charge in [0.05, 0.1) is 22.8 Å². The van der Waals surface area contributed by atoms with Crippen LogP contribution in [0, 0.1) is 20.8 Å². The second kappa shape index (κ2) is 6.53. The number of hydrogen-bond donors (Lipinski definition) is 0. The van der Waals surface area contributed by atoms with Crippen molar-refractivity contribution in [2.75, 3.05) is 10.8 Å². The summed E-state index contributed by atoms with van der Waals surface area (Å²) in [5.74, 6) is 0. The Morgan fingerprint density at radius 2 is 1.74 bits per heavy atom. The van der Waals surface area contributed by atoms with Gasteiger partial charge in [0.1, 0.15) is 4.90 Å². The number of benzene rings is 2. The number of aromatic nitrogens is 2. The highest BCUT2D eigenvalue weighted by Gasteiger charge is 2.34. The molecule has 140 valence electrons. The molecule has 1 aromatic heterocycles. The van der Waals surface area contributed by atoms with E-state index in [1.807, 2.05) is 56.3 Å². The van der Waals surface area contributed by atoms with Crippen molar-refractivity contribution in [2.45, 2.75) is 38.5 Å². The summed E-state index contributed by atoms with van der Waals surface area (Å²) in [5.41, 5.74) is 5.05. The first-order valence-corrected chi connectivity index (χ1v) is 10.6. The van der Waals surface area contributed by atoms with Gasteiger partial charge < -0.3 is 0 Å². The highest BCUT2D eigenvalue weighted by atomic mass is 32.2. The smallest absolute Gasteiger partial charge is 0.266 e. The molecular formula is C21H23N3O2S. The van der Waals surface area contributed by atoms with Gasteiger partial charge in [-0.1, -0.05) is 35.9 Å². The maximum Gasteiger partial charge on any atom is 0.268 e. The average molecular weight is 382 g/mol. The van der Waals surface area contributed by atoms with Crippen molar-refractivity contribution in [1.29, 1.82) is 0 Å². The van der Waals surface area contributed by atoms with E-state index in [1.165, 1.54) is 0 Å². The molecule has 0 aliphatic carbocycles. The topological polar surface area (TPSA) is 55.2 Å². The van der Waals surface area contributed by atoms with Crippen LogP contribution < -0.4 is 4.31 Å². The predicted octanol–water partition coefficient (Wildman–Crippen LogP) is 3.94. The number of rotatable bonds is 3. The third-order valence-corrected chi connectivity index (χ3v) is 7.15. The number of hydrogen-bond acceptors (Lipinski definition) is 3. The Morgan fingerprint density at radius 3 is 2.48 bits per heavy atom. The molecule has 2 aromatic carbocycles. The summed E-state index contributed by atoms with van der Waals surface area (Å²) in [4.78, 5) is 0.305. The molecule has 2 heterocycles. The Balaban J connectivity index is 1.84. The average Bonchev–Trinajstić information content (AvgIpc) is 2.96. The Bertz CT molecular complexity index is 1100. The number of nitrogens with zero attached hydrogens (tertiary/aromatic N) is 3. The lowest BCUT2D eigenvalue weighted by Gasteiger charge is -2.30. The van der Waals surface area contributed by atoms with Gasteiger partial charge in [-0.25, -0.2) is 13.1 Å². The molecule has 0 bridgehead atoms. The molecule has 0 amide bonds.